The summed E-state index contributed by atoms with van der Waals surface area (Å²) in [7, 11) is -2.31. The monoisotopic (exact) mass is 394 g/mol. The Hall–Kier alpha value is -2.61. The minimum Gasteiger partial charge on any atom is -0.497 e. The molecule has 0 aliphatic rings. The molecule has 0 radical (unpaired) electrons. The third-order valence-electron chi connectivity index (χ3n) is 4.05. The van der Waals surface area contributed by atoms with E-state index in [0.717, 1.165) is 22.2 Å². The number of nitrogens with zero attached hydrogens (tertiary/aromatic N) is 1. The second-order valence-electron chi connectivity index (χ2n) is 6.00. The standard InChI is InChI=1S/C19H23FN2O4S/c1-4-17(19(23)21-13-14-9-11-15(26-2)12-10-14)22(27(3,24)25)18-8-6-5-7-16(18)20/h5-12,17H,4,13H2,1-3H3,(H,21,23)/t17-/m0/s1. The summed E-state index contributed by atoms with van der Waals surface area (Å²) in [6.45, 7) is 1.89. The van der Waals surface area contributed by atoms with Gasteiger partial charge in [0.1, 0.15) is 17.6 Å². The van der Waals surface area contributed by atoms with Crippen LogP contribution in [0.1, 0.15) is 18.9 Å². The summed E-state index contributed by atoms with van der Waals surface area (Å²) in [5.41, 5.74) is 0.683. The number of sulfonamides is 1. The van der Waals surface area contributed by atoms with Crippen molar-refractivity contribution in [3.8, 4) is 5.75 Å². The van der Waals surface area contributed by atoms with Crippen LogP contribution in [-0.4, -0.2) is 33.7 Å². The van der Waals surface area contributed by atoms with E-state index in [1.165, 1.54) is 18.2 Å². The highest BCUT2D eigenvalue weighted by Crippen LogP contribution is 2.25. The van der Waals surface area contributed by atoms with Crippen molar-refractivity contribution in [1.29, 1.82) is 0 Å². The molecule has 0 unspecified atom stereocenters. The molecule has 0 heterocycles. The van der Waals surface area contributed by atoms with Gasteiger partial charge in [-0.3, -0.25) is 9.10 Å². The van der Waals surface area contributed by atoms with E-state index in [0.29, 0.717) is 5.75 Å². The lowest BCUT2D eigenvalue weighted by atomic mass is 10.1. The molecule has 0 saturated carbocycles. The maximum absolute atomic E-state index is 14.2. The zero-order valence-electron chi connectivity index (χ0n) is 15.5. The molecule has 0 spiro atoms. The highest BCUT2D eigenvalue weighted by atomic mass is 32.2. The molecule has 0 bridgehead atoms. The Morgan fingerprint density at radius 3 is 2.33 bits per heavy atom. The highest BCUT2D eigenvalue weighted by molar-refractivity contribution is 7.92. The summed E-state index contributed by atoms with van der Waals surface area (Å²) in [4.78, 5) is 12.7. The van der Waals surface area contributed by atoms with E-state index >= 15 is 0 Å². The Morgan fingerprint density at radius 1 is 1.19 bits per heavy atom. The summed E-state index contributed by atoms with van der Waals surface area (Å²) in [6, 6.07) is 11.6. The third kappa shape index (κ3) is 5.19. The number of benzene rings is 2. The fourth-order valence-corrected chi connectivity index (χ4v) is 3.93. The maximum Gasteiger partial charge on any atom is 0.244 e. The molecule has 0 aliphatic heterocycles. The van der Waals surface area contributed by atoms with Gasteiger partial charge in [-0.05, 0) is 36.2 Å². The summed E-state index contributed by atoms with van der Waals surface area (Å²) in [6.07, 6.45) is 1.15. The minimum absolute atomic E-state index is 0.147. The van der Waals surface area contributed by atoms with Crippen LogP contribution in [0.3, 0.4) is 0 Å². The molecule has 1 atom stereocenters. The topological polar surface area (TPSA) is 75.7 Å². The van der Waals surface area contributed by atoms with E-state index in [1.54, 1.807) is 38.3 Å². The molecule has 2 aromatic rings. The van der Waals surface area contributed by atoms with Crippen LogP contribution in [-0.2, 0) is 21.4 Å². The molecule has 27 heavy (non-hydrogen) atoms. The summed E-state index contributed by atoms with van der Waals surface area (Å²) >= 11 is 0. The molecule has 0 fully saturated rings. The predicted molar refractivity (Wildman–Crippen MR) is 103 cm³/mol. The van der Waals surface area contributed by atoms with Crippen molar-refractivity contribution >= 4 is 21.6 Å². The molecule has 2 rings (SSSR count). The average molecular weight is 394 g/mol. The van der Waals surface area contributed by atoms with Gasteiger partial charge < -0.3 is 10.1 Å². The lowest BCUT2D eigenvalue weighted by Gasteiger charge is -2.30. The van der Waals surface area contributed by atoms with Crippen LogP contribution in [0, 0.1) is 5.82 Å². The molecular formula is C19H23FN2O4S. The van der Waals surface area contributed by atoms with E-state index in [9.17, 15) is 17.6 Å². The zero-order valence-corrected chi connectivity index (χ0v) is 16.3. The smallest absolute Gasteiger partial charge is 0.244 e. The lowest BCUT2D eigenvalue weighted by Crippen LogP contribution is -2.49. The first-order valence-electron chi connectivity index (χ1n) is 8.42. The summed E-state index contributed by atoms with van der Waals surface area (Å²) in [5.74, 6) is -0.509. The van der Waals surface area contributed by atoms with Crippen molar-refractivity contribution in [3.05, 3.63) is 59.9 Å². The number of para-hydroxylation sites is 1. The summed E-state index contributed by atoms with van der Waals surface area (Å²) < 4.78 is 44.7. The van der Waals surface area contributed by atoms with Gasteiger partial charge in [0.25, 0.3) is 0 Å². The quantitative estimate of drug-likeness (QED) is 0.747. The molecule has 1 N–H and O–H groups in total. The predicted octanol–water partition coefficient (Wildman–Crippen LogP) is 2.70. The minimum atomic E-state index is -3.87. The molecule has 0 aromatic heterocycles. The van der Waals surface area contributed by atoms with Gasteiger partial charge in [0.15, 0.2) is 0 Å². The molecule has 146 valence electrons. The van der Waals surface area contributed by atoms with Crippen molar-refractivity contribution in [2.45, 2.75) is 25.9 Å². The number of anilines is 1. The number of carbonyl (C=O) groups is 1. The van der Waals surface area contributed by atoms with Crippen LogP contribution in [0.15, 0.2) is 48.5 Å². The number of nitrogens with one attached hydrogen (secondary N) is 1. The number of carbonyl (C=O) groups excluding carboxylic acids is 1. The van der Waals surface area contributed by atoms with Crippen molar-refractivity contribution in [2.24, 2.45) is 0 Å². The normalized spacial score (nSPS) is 12.3. The highest BCUT2D eigenvalue weighted by Gasteiger charge is 2.32. The SMILES string of the molecule is CC[C@@H](C(=O)NCc1ccc(OC)cc1)N(c1ccccc1F)S(C)(=O)=O. The van der Waals surface area contributed by atoms with Gasteiger partial charge in [-0.15, -0.1) is 0 Å². The van der Waals surface area contributed by atoms with Crippen molar-refractivity contribution < 1.29 is 22.3 Å². The Kier molecular flexibility index (Phi) is 6.79. The van der Waals surface area contributed by atoms with Crippen LogP contribution in [0.4, 0.5) is 10.1 Å². The van der Waals surface area contributed by atoms with Crippen LogP contribution < -0.4 is 14.4 Å². The van der Waals surface area contributed by atoms with Crippen molar-refractivity contribution in [3.63, 3.8) is 0 Å². The number of hydrogen-bond donors (Lipinski definition) is 1. The fourth-order valence-electron chi connectivity index (χ4n) is 2.72. The number of methoxy groups -OCH3 is 1. The largest absolute Gasteiger partial charge is 0.497 e. The number of ether oxygens (including phenoxy) is 1. The molecule has 0 aliphatic carbocycles. The van der Waals surface area contributed by atoms with Gasteiger partial charge in [-0.1, -0.05) is 31.2 Å². The van der Waals surface area contributed by atoms with Gasteiger partial charge in [-0.2, -0.15) is 0 Å². The maximum atomic E-state index is 14.2. The van der Waals surface area contributed by atoms with E-state index in [-0.39, 0.29) is 18.7 Å². The average Bonchev–Trinajstić information content (AvgIpc) is 2.64. The van der Waals surface area contributed by atoms with Gasteiger partial charge in [-0.25, -0.2) is 12.8 Å². The Balaban J connectivity index is 2.22. The third-order valence-corrected chi connectivity index (χ3v) is 5.21. The lowest BCUT2D eigenvalue weighted by molar-refractivity contribution is -0.122. The Morgan fingerprint density at radius 2 is 1.81 bits per heavy atom. The Labute approximate surface area is 159 Å². The molecular weight excluding hydrogens is 371 g/mol. The Bertz CT molecular complexity index is 885. The first-order valence-corrected chi connectivity index (χ1v) is 10.3. The van der Waals surface area contributed by atoms with Gasteiger partial charge in [0.05, 0.1) is 19.1 Å². The number of halogens is 1. The van der Waals surface area contributed by atoms with E-state index < -0.39 is 27.8 Å². The molecule has 1 amide bonds. The first-order chi connectivity index (χ1) is 12.8. The number of amides is 1. The van der Waals surface area contributed by atoms with E-state index in [4.69, 9.17) is 4.74 Å². The molecule has 2 aromatic carbocycles. The first kappa shape index (κ1) is 20.7. The van der Waals surface area contributed by atoms with E-state index in [2.05, 4.69) is 5.32 Å². The second kappa shape index (κ2) is 8.85. The molecule has 6 nitrogen and oxygen atoms in total. The summed E-state index contributed by atoms with van der Waals surface area (Å²) in [5, 5.41) is 2.72. The molecule has 8 heteroatoms. The van der Waals surface area contributed by atoms with Crippen LogP contribution in [0.2, 0.25) is 0 Å². The molecule has 0 saturated heterocycles. The zero-order chi connectivity index (χ0) is 20.0. The van der Waals surface area contributed by atoms with Gasteiger partial charge in [0.2, 0.25) is 15.9 Å². The second-order valence-corrected chi connectivity index (χ2v) is 7.86. The number of rotatable bonds is 8. The van der Waals surface area contributed by atoms with Crippen LogP contribution in [0.5, 0.6) is 5.75 Å². The van der Waals surface area contributed by atoms with Crippen molar-refractivity contribution in [2.75, 3.05) is 17.7 Å². The van der Waals surface area contributed by atoms with Crippen LogP contribution >= 0.6 is 0 Å². The fraction of sp³-hybridized carbons (Fsp3) is 0.316. The van der Waals surface area contributed by atoms with Gasteiger partial charge in [0, 0.05) is 6.54 Å². The van der Waals surface area contributed by atoms with Gasteiger partial charge >= 0.3 is 0 Å². The van der Waals surface area contributed by atoms with Crippen LogP contribution in [0.25, 0.3) is 0 Å². The van der Waals surface area contributed by atoms with E-state index in [1.807, 2.05) is 0 Å². The van der Waals surface area contributed by atoms with Crippen molar-refractivity contribution in [1.82, 2.24) is 5.32 Å². The number of hydrogen-bond acceptors (Lipinski definition) is 4.